The smallest absolute Gasteiger partial charge is 0.410 e. The first-order valence-electron chi connectivity index (χ1n) is 11.5. The van der Waals surface area contributed by atoms with Gasteiger partial charge in [-0.25, -0.2) is 18.6 Å². The van der Waals surface area contributed by atoms with Crippen LogP contribution in [-0.2, 0) is 4.74 Å². The minimum atomic E-state index is -0.648. The summed E-state index contributed by atoms with van der Waals surface area (Å²) in [5.74, 6) is -1.87. The lowest BCUT2D eigenvalue weighted by Gasteiger charge is -2.41. The van der Waals surface area contributed by atoms with Crippen LogP contribution in [0, 0.1) is 18.6 Å². The van der Waals surface area contributed by atoms with E-state index in [1.807, 2.05) is 30.6 Å². The Labute approximate surface area is 205 Å². The van der Waals surface area contributed by atoms with Gasteiger partial charge in [-0.1, -0.05) is 0 Å². The third-order valence-corrected chi connectivity index (χ3v) is 7.33. The van der Waals surface area contributed by atoms with Gasteiger partial charge in [0.05, 0.1) is 28.5 Å². The minimum Gasteiger partial charge on any atom is -0.444 e. The van der Waals surface area contributed by atoms with Crippen molar-refractivity contribution in [3.8, 4) is 0 Å². The van der Waals surface area contributed by atoms with Crippen molar-refractivity contribution in [1.82, 2.24) is 14.3 Å². The second-order valence-electron chi connectivity index (χ2n) is 10.1. The molecule has 5 heterocycles. The molecule has 2 bridgehead atoms. The molecule has 8 nitrogen and oxygen atoms in total. The second-order valence-corrected chi connectivity index (χ2v) is 11.1. The number of nitrogens with zero attached hydrogens (tertiary/aromatic N) is 4. The molecule has 3 aromatic rings. The van der Waals surface area contributed by atoms with E-state index in [1.165, 1.54) is 22.7 Å². The predicted octanol–water partition coefficient (Wildman–Crippen LogP) is 4.82. The number of nitrogens with one attached hydrogen (secondary N) is 1. The molecule has 0 radical (unpaired) electrons. The molecule has 0 aliphatic carbocycles. The van der Waals surface area contributed by atoms with Crippen LogP contribution in [0.3, 0.4) is 0 Å². The number of imidazole rings is 1. The Bertz CT molecular complexity index is 1300. The van der Waals surface area contributed by atoms with Gasteiger partial charge in [0.1, 0.15) is 16.3 Å². The third-order valence-electron chi connectivity index (χ3n) is 6.16. The van der Waals surface area contributed by atoms with Gasteiger partial charge in [0.15, 0.2) is 11.5 Å². The zero-order valence-corrected chi connectivity index (χ0v) is 20.8. The van der Waals surface area contributed by atoms with E-state index in [2.05, 4.69) is 10.3 Å². The summed E-state index contributed by atoms with van der Waals surface area (Å²) < 4.78 is 36.2. The van der Waals surface area contributed by atoms with E-state index >= 15 is 0 Å². The Morgan fingerprint density at radius 3 is 2.46 bits per heavy atom. The lowest BCUT2D eigenvalue weighted by atomic mass is 10.2. The van der Waals surface area contributed by atoms with Crippen LogP contribution in [-0.4, -0.2) is 57.1 Å². The van der Waals surface area contributed by atoms with E-state index in [0.717, 1.165) is 24.2 Å². The van der Waals surface area contributed by atoms with Crippen molar-refractivity contribution in [2.75, 3.05) is 23.3 Å². The molecule has 186 valence electrons. The number of aryl methyl sites for hydroxylation is 1. The number of carbonyl (C=O) groups is 2. The zero-order valence-electron chi connectivity index (χ0n) is 20.0. The molecule has 1 unspecified atom stereocenters. The van der Waals surface area contributed by atoms with Gasteiger partial charge >= 0.3 is 6.09 Å². The molecule has 1 N–H and O–H groups in total. The number of piperazine rings is 1. The molecule has 0 aromatic carbocycles. The predicted molar refractivity (Wildman–Crippen MR) is 129 cm³/mol. The van der Waals surface area contributed by atoms with Crippen molar-refractivity contribution < 1.29 is 23.1 Å². The van der Waals surface area contributed by atoms with Gasteiger partial charge in [-0.3, -0.25) is 9.69 Å². The SMILES string of the molecule is Cc1cn2cc(NC(=O)c3sc(N4CC5CC[C@H](C4)N5C(=O)OC(C)(C)C)cc3F)cc(F)c2n1. The highest BCUT2D eigenvalue weighted by Crippen LogP contribution is 2.37. The summed E-state index contributed by atoms with van der Waals surface area (Å²) in [6, 6.07) is 2.46. The third kappa shape index (κ3) is 4.56. The number of aromatic nitrogens is 2. The van der Waals surface area contributed by atoms with E-state index in [1.54, 1.807) is 13.1 Å². The van der Waals surface area contributed by atoms with Gasteiger partial charge in [-0.05, 0) is 40.5 Å². The Morgan fingerprint density at radius 2 is 1.80 bits per heavy atom. The number of anilines is 2. The number of ether oxygens (including phenoxy) is 1. The average Bonchev–Trinajstić information content (AvgIpc) is 3.40. The first-order chi connectivity index (χ1) is 16.5. The number of hydrogen-bond donors (Lipinski definition) is 1. The molecule has 35 heavy (non-hydrogen) atoms. The average molecular weight is 504 g/mol. The number of amides is 2. The first-order valence-corrected chi connectivity index (χ1v) is 12.3. The van der Waals surface area contributed by atoms with Gasteiger partial charge in [-0.2, -0.15) is 0 Å². The number of thiophene rings is 1. The Hall–Kier alpha value is -3.21. The molecule has 2 saturated heterocycles. The summed E-state index contributed by atoms with van der Waals surface area (Å²) in [7, 11) is 0. The Morgan fingerprint density at radius 1 is 1.11 bits per heavy atom. The van der Waals surface area contributed by atoms with Crippen LogP contribution in [0.2, 0.25) is 0 Å². The molecule has 2 fully saturated rings. The lowest BCUT2D eigenvalue weighted by Crippen LogP contribution is -2.56. The fraction of sp³-hybridized carbons (Fsp3) is 0.458. The van der Waals surface area contributed by atoms with Crippen LogP contribution < -0.4 is 10.2 Å². The molecule has 0 spiro atoms. The highest BCUT2D eigenvalue weighted by Gasteiger charge is 2.44. The van der Waals surface area contributed by atoms with E-state index < -0.39 is 23.1 Å². The fourth-order valence-electron chi connectivity index (χ4n) is 4.80. The number of rotatable bonds is 3. The van der Waals surface area contributed by atoms with Crippen LogP contribution in [0.1, 0.15) is 49.0 Å². The number of pyridine rings is 1. The molecule has 5 rings (SSSR count). The maximum absolute atomic E-state index is 14.8. The monoisotopic (exact) mass is 503 g/mol. The molecule has 0 saturated carbocycles. The van der Waals surface area contributed by atoms with Gasteiger partial charge in [0, 0.05) is 37.6 Å². The molecule has 11 heteroatoms. The molecular weight excluding hydrogens is 476 g/mol. The highest BCUT2D eigenvalue weighted by atomic mass is 32.1. The van der Waals surface area contributed by atoms with Crippen LogP contribution in [0.4, 0.5) is 24.3 Å². The zero-order chi connectivity index (χ0) is 25.1. The number of halogens is 2. The van der Waals surface area contributed by atoms with Crippen molar-refractivity contribution in [2.24, 2.45) is 0 Å². The fourth-order valence-corrected chi connectivity index (χ4v) is 5.75. The standard InChI is InChI=1S/C24H27F2N5O3S/c1-13-9-30-10-14(7-18(26)21(30)27-13)28-22(32)20-17(25)8-19(35-20)29-11-15-5-6-16(12-29)31(15)23(33)34-24(2,3)4/h7-10,15-16H,5-6,11-12H2,1-4H3,(H,28,32)/t15-,16?/m1/s1. The van der Waals surface area contributed by atoms with Gasteiger partial charge < -0.3 is 19.4 Å². The molecule has 2 atom stereocenters. The van der Waals surface area contributed by atoms with Gasteiger partial charge in [0.2, 0.25) is 0 Å². The summed E-state index contributed by atoms with van der Waals surface area (Å²) >= 11 is 1.05. The summed E-state index contributed by atoms with van der Waals surface area (Å²) in [5.41, 5.74) is 0.430. The summed E-state index contributed by atoms with van der Waals surface area (Å²) in [6.07, 6.45) is 4.56. The largest absolute Gasteiger partial charge is 0.444 e. The van der Waals surface area contributed by atoms with Crippen molar-refractivity contribution in [3.63, 3.8) is 0 Å². The quantitative estimate of drug-likeness (QED) is 0.554. The van der Waals surface area contributed by atoms with Crippen molar-refractivity contribution in [2.45, 2.75) is 58.2 Å². The molecule has 2 aliphatic heterocycles. The summed E-state index contributed by atoms with van der Waals surface area (Å²) in [5, 5.41) is 3.21. The van der Waals surface area contributed by atoms with Gasteiger partial charge in [-0.15, -0.1) is 11.3 Å². The van der Waals surface area contributed by atoms with E-state index in [-0.39, 0.29) is 34.4 Å². The van der Waals surface area contributed by atoms with Crippen molar-refractivity contribution >= 4 is 39.7 Å². The van der Waals surface area contributed by atoms with E-state index in [0.29, 0.717) is 23.8 Å². The number of fused-ring (bicyclic) bond motifs is 3. The summed E-state index contributed by atoms with van der Waals surface area (Å²) in [6.45, 7) is 8.34. The van der Waals surface area contributed by atoms with Crippen LogP contribution in [0.25, 0.3) is 5.65 Å². The van der Waals surface area contributed by atoms with Gasteiger partial charge in [0.25, 0.3) is 5.91 Å². The maximum Gasteiger partial charge on any atom is 0.410 e. The van der Waals surface area contributed by atoms with Crippen LogP contribution >= 0.6 is 11.3 Å². The Kier molecular flexibility index (Phi) is 5.70. The first kappa shape index (κ1) is 23.5. The number of hydrogen-bond acceptors (Lipinski definition) is 6. The topological polar surface area (TPSA) is 79.2 Å². The second kappa shape index (κ2) is 8.47. The maximum atomic E-state index is 14.8. The molecule has 2 amide bonds. The van der Waals surface area contributed by atoms with Crippen molar-refractivity contribution in [3.05, 3.63) is 46.7 Å². The lowest BCUT2D eigenvalue weighted by molar-refractivity contribution is 0.0123. The van der Waals surface area contributed by atoms with Crippen LogP contribution in [0.5, 0.6) is 0 Å². The molecule has 3 aromatic heterocycles. The summed E-state index contributed by atoms with van der Waals surface area (Å²) in [4.78, 5) is 33.4. The molecule has 2 aliphatic rings. The normalized spacial score (nSPS) is 19.9. The highest BCUT2D eigenvalue weighted by molar-refractivity contribution is 7.18. The van der Waals surface area contributed by atoms with E-state index in [9.17, 15) is 18.4 Å². The Balaban J connectivity index is 1.30. The minimum absolute atomic E-state index is 0.0284. The number of carbonyl (C=O) groups excluding carboxylic acids is 2. The van der Waals surface area contributed by atoms with E-state index in [4.69, 9.17) is 4.74 Å². The van der Waals surface area contributed by atoms with Crippen molar-refractivity contribution in [1.29, 1.82) is 0 Å². The van der Waals surface area contributed by atoms with Crippen LogP contribution in [0.15, 0.2) is 24.5 Å². The molecular formula is C24H27F2N5O3S.